The summed E-state index contributed by atoms with van der Waals surface area (Å²) in [5.74, 6) is -2.17. The molecule has 19 heavy (non-hydrogen) atoms. The highest BCUT2D eigenvalue weighted by molar-refractivity contribution is 5.93. The first-order valence-electron chi connectivity index (χ1n) is 5.47. The predicted molar refractivity (Wildman–Crippen MR) is 70.7 cm³/mol. The number of phenolic OH excluding ortho intramolecular Hbond substituents is 1. The molecular weight excluding hydrogens is 248 g/mol. The van der Waals surface area contributed by atoms with Crippen molar-refractivity contribution in [3.05, 3.63) is 40.5 Å². The van der Waals surface area contributed by atoms with Gasteiger partial charge < -0.3 is 15.3 Å². The Hall–Kier alpha value is -2.56. The largest absolute Gasteiger partial charge is 0.508 e. The summed E-state index contributed by atoms with van der Waals surface area (Å²) in [6, 6.07) is 4.40. The number of aromatic hydroxyl groups is 1. The van der Waals surface area contributed by atoms with Gasteiger partial charge in [0.1, 0.15) is 5.75 Å². The number of carboxylic acids is 2. The van der Waals surface area contributed by atoms with Crippen molar-refractivity contribution in [2.24, 2.45) is 0 Å². The molecule has 0 aliphatic rings. The Balaban J connectivity index is 3.22. The van der Waals surface area contributed by atoms with E-state index in [9.17, 15) is 14.7 Å². The molecule has 0 radical (unpaired) electrons. The van der Waals surface area contributed by atoms with Gasteiger partial charge in [-0.05, 0) is 55.3 Å². The molecule has 1 aromatic rings. The van der Waals surface area contributed by atoms with Crippen LogP contribution in [0, 0.1) is 0 Å². The van der Waals surface area contributed by atoms with Gasteiger partial charge in [-0.15, -0.1) is 0 Å². The van der Waals surface area contributed by atoms with Crippen LogP contribution in [0.15, 0.2) is 29.3 Å². The van der Waals surface area contributed by atoms with Crippen molar-refractivity contribution in [2.45, 2.75) is 13.8 Å². The molecule has 3 N–H and O–H groups in total. The van der Waals surface area contributed by atoms with Gasteiger partial charge in [0.05, 0.1) is 0 Å². The van der Waals surface area contributed by atoms with E-state index in [1.807, 2.05) is 0 Å². The topological polar surface area (TPSA) is 94.8 Å². The highest BCUT2D eigenvalue weighted by atomic mass is 16.4. The van der Waals surface area contributed by atoms with Gasteiger partial charge in [0, 0.05) is 11.1 Å². The molecule has 0 aliphatic heterocycles. The Kier molecular flexibility index (Phi) is 4.47. The molecule has 0 heterocycles. The number of carbonyl (C=O) groups is 2. The van der Waals surface area contributed by atoms with E-state index in [0.717, 1.165) is 0 Å². The van der Waals surface area contributed by atoms with Crippen molar-refractivity contribution in [1.29, 1.82) is 0 Å². The van der Waals surface area contributed by atoms with Crippen LogP contribution in [0.25, 0.3) is 12.2 Å². The maximum absolute atomic E-state index is 10.7. The summed E-state index contributed by atoms with van der Waals surface area (Å²) in [6.45, 7) is 2.87. The first-order valence-corrected chi connectivity index (χ1v) is 5.47. The van der Waals surface area contributed by atoms with Gasteiger partial charge in [0.15, 0.2) is 0 Å². The number of benzene rings is 1. The van der Waals surface area contributed by atoms with Crippen molar-refractivity contribution in [2.75, 3.05) is 0 Å². The lowest BCUT2D eigenvalue weighted by Gasteiger charge is -2.02. The van der Waals surface area contributed by atoms with Crippen molar-refractivity contribution >= 4 is 24.1 Å². The normalized spacial score (nSPS) is 12.3. The third-order valence-corrected chi connectivity index (χ3v) is 2.40. The monoisotopic (exact) mass is 262 g/mol. The highest BCUT2D eigenvalue weighted by Crippen LogP contribution is 2.20. The standard InChI is InChI=1S/C14H14O5/c1-8(13(16)17)3-10-5-11(7-12(15)6-10)4-9(2)14(18)19/h3-7,15H,1-2H3,(H,16,17)(H,18,19)/b8-3+,9-4+. The molecule has 1 rings (SSSR count). The quantitative estimate of drug-likeness (QED) is 0.724. The van der Waals surface area contributed by atoms with E-state index in [-0.39, 0.29) is 16.9 Å². The third kappa shape index (κ3) is 4.31. The molecule has 0 saturated carbocycles. The molecular formula is C14H14O5. The third-order valence-electron chi connectivity index (χ3n) is 2.40. The molecule has 0 unspecified atom stereocenters. The summed E-state index contributed by atoms with van der Waals surface area (Å²) in [5.41, 5.74) is 1.22. The van der Waals surface area contributed by atoms with Crippen LogP contribution in [0.4, 0.5) is 0 Å². The summed E-state index contributed by atoms with van der Waals surface area (Å²) in [7, 11) is 0. The van der Waals surface area contributed by atoms with Crippen LogP contribution in [0.5, 0.6) is 5.75 Å². The Morgan fingerprint density at radius 1 is 0.895 bits per heavy atom. The Morgan fingerprint density at radius 2 is 1.26 bits per heavy atom. The van der Waals surface area contributed by atoms with Gasteiger partial charge in [-0.2, -0.15) is 0 Å². The summed E-state index contributed by atoms with van der Waals surface area (Å²) in [4.78, 5) is 21.4. The van der Waals surface area contributed by atoms with E-state index in [4.69, 9.17) is 10.2 Å². The van der Waals surface area contributed by atoms with Crippen LogP contribution in [-0.2, 0) is 9.59 Å². The van der Waals surface area contributed by atoms with E-state index >= 15 is 0 Å². The van der Waals surface area contributed by atoms with Gasteiger partial charge in [-0.25, -0.2) is 9.59 Å². The van der Waals surface area contributed by atoms with Crippen molar-refractivity contribution in [3.63, 3.8) is 0 Å². The first kappa shape index (κ1) is 14.5. The van der Waals surface area contributed by atoms with E-state index in [2.05, 4.69) is 0 Å². The second-order valence-corrected chi connectivity index (χ2v) is 4.12. The minimum Gasteiger partial charge on any atom is -0.508 e. The van der Waals surface area contributed by atoms with E-state index in [1.165, 1.54) is 38.1 Å². The molecule has 0 amide bonds. The zero-order chi connectivity index (χ0) is 14.6. The zero-order valence-corrected chi connectivity index (χ0v) is 10.5. The summed E-state index contributed by atoms with van der Waals surface area (Å²) in [6.07, 6.45) is 2.80. The van der Waals surface area contributed by atoms with Crippen LogP contribution < -0.4 is 0 Å². The summed E-state index contributed by atoms with van der Waals surface area (Å²) >= 11 is 0. The number of carboxylic acid groups (broad SMARTS) is 2. The molecule has 0 aliphatic carbocycles. The average molecular weight is 262 g/mol. The van der Waals surface area contributed by atoms with E-state index < -0.39 is 11.9 Å². The van der Waals surface area contributed by atoms with Crippen LogP contribution >= 0.6 is 0 Å². The van der Waals surface area contributed by atoms with Crippen LogP contribution in [-0.4, -0.2) is 27.3 Å². The summed E-state index contributed by atoms with van der Waals surface area (Å²) < 4.78 is 0. The van der Waals surface area contributed by atoms with Gasteiger partial charge in [0.25, 0.3) is 0 Å². The van der Waals surface area contributed by atoms with Gasteiger partial charge in [0.2, 0.25) is 0 Å². The Bertz CT molecular complexity index is 533. The number of hydrogen-bond acceptors (Lipinski definition) is 3. The molecule has 0 atom stereocenters. The van der Waals surface area contributed by atoms with Crippen molar-refractivity contribution in [3.8, 4) is 5.75 Å². The van der Waals surface area contributed by atoms with E-state index in [1.54, 1.807) is 6.07 Å². The number of rotatable bonds is 4. The van der Waals surface area contributed by atoms with Gasteiger partial charge in [-0.1, -0.05) is 0 Å². The minimum absolute atomic E-state index is 0.0589. The van der Waals surface area contributed by atoms with Crippen molar-refractivity contribution < 1.29 is 24.9 Å². The highest BCUT2D eigenvalue weighted by Gasteiger charge is 2.04. The SMILES string of the molecule is C/C(=C\c1cc(O)cc(/C=C(\C)C(=O)O)c1)C(=O)O. The fourth-order valence-corrected chi connectivity index (χ4v) is 1.45. The molecule has 1 aromatic carbocycles. The fourth-order valence-electron chi connectivity index (χ4n) is 1.45. The van der Waals surface area contributed by atoms with Gasteiger partial charge >= 0.3 is 11.9 Å². The molecule has 0 fully saturated rings. The lowest BCUT2D eigenvalue weighted by atomic mass is 10.1. The number of hydrogen-bond donors (Lipinski definition) is 3. The summed E-state index contributed by atoms with van der Waals surface area (Å²) in [5, 5.41) is 27.1. The van der Waals surface area contributed by atoms with Crippen LogP contribution in [0.1, 0.15) is 25.0 Å². The molecule has 5 heteroatoms. The molecule has 0 spiro atoms. The van der Waals surface area contributed by atoms with E-state index in [0.29, 0.717) is 11.1 Å². The van der Waals surface area contributed by atoms with Gasteiger partial charge in [-0.3, -0.25) is 0 Å². The Morgan fingerprint density at radius 3 is 1.58 bits per heavy atom. The second-order valence-electron chi connectivity index (χ2n) is 4.12. The minimum atomic E-state index is -1.05. The number of phenols is 1. The maximum Gasteiger partial charge on any atom is 0.331 e. The lowest BCUT2D eigenvalue weighted by Crippen LogP contribution is -1.96. The molecule has 0 saturated heterocycles. The lowest BCUT2D eigenvalue weighted by molar-refractivity contribution is -0.133. The first-order chi connectivity index (χ1) is 8.79. The molecule has 5 nitrogen and oxygen atoms in total. The number of aliphatic carboxylic acids is 2. The van der Waals surface area contributed by atoms with Crippen LogP contribution in [0.3, 0.4) is 0 Å². The fraction of sp³-hybridized carbons (Fsp3) is 0.143. The zero-order valence-electron chi connectivity index (χ0n) is 10.5. The van der Waals surface area contributed by atoms with Crippen LogP contribution in [0.2, 0.25) is 0 Å². The molecule has 0 aromatic heterocycles. The maximum atomic E-state index is 10.7. The second kappa shape index (κ2) is 5.86. The molecule has 0 bridgehead atoms. The predicted octanol–water partition coefficient (Wildman–Crippen LogP) is 2.37. The smallest absolute Gasteiger partial charge is 0.331 e. The van der Waals surface area contributed by atoms with Crippen molar-refractivity contribution in [1.82, 2.24) is 0 Å². The molecule has 100 valence electrons. The Labute approximate surface area is 110 Å². The average Bonchev–Trinajstić information content (AvgIpc) is 2.27.